The van der Waals surface area contributed by atoms with Crippen molar-refractivity contribution in [2.24, 2.45) is 0 Å². The summed E-state index contributed by atoms with van der Waals surface area (Å²) in [7, 11) is 0. The first-order chi connectivity index (χ1) is 10.8. The van der Waals surface area contributed by atoms with Crippen LogP contribution in [0.2, 0.25) is 10.0 Å². The molecule has 23 heavy (non-hydrogen) atoms. The van der Waals surface area contributed by atoms with E-state index >= 15 is 0 Å². The molecule has 2 aromatic carbocycles. The molecule has 0 fully saturated rings. The number of hydrogen-bond acceptors (Lipinski definition) is 2. The Hall–Kier alpha value is -1.16. The van der Waals surface area contributed by atoms with Gasteiger partial charge in [-0.25, -0.2) is 0 Å². The topological polar surface area (TPSA) is 29.1 Å². The van der Waals surface area contributed by atoms with Gasteiger partial charge < -0.3 is 5.32 Å². The van der Waals surface area contributed by atoms with Crippen LogP contribution in [0.25, 0.3) is 0 Å². The van der Waals surface area contributed by atoms with Crippen LogP contribution in [0.1, 0.15) is 22.3 Å². The van der Waals surface area contributed by atoms with Crippen LogP contribution in [0.15, 0.2) is 29.2 Å². The molecular formula is C18H19Cl2NOS. The van der Waals surface area contributed by atoms with Crippen molar-refractivity contribution in [1.82, 2.24) is 0 Å². The maximum atomic E-state index is 12.2. The molecule has 0 aromatic heterocycles. The molecule has 0 aliphatic heterocycles. The third kappa shape index (κ3) is 4.43. The van der Waals surface area contributed by atoms with Crippen LogP contribution < -0.4 is 5.32 Å². The summed E-state index contributed by atoms with van der Waals surface area (Å²) in [6, 6.07) is 7.25. The lowest BCUT2D eigenvalue weighted by molar-refractivity contribution is -0.113. The fraction of sp³-hybridized carbons (Fsp3) is 0.278. The molecule has 2 nitrogen and oxygen atoms in total. The van der Waals surface area contributed by atoms with Crippen LogP contribution in [0.3, 0.4) is 0 Å². The third-order valence-electron chi connectivity index (χ3n) is 3.85. The van der Waals surface area contributed by atoms with E-state index in [1.54, 1.807) is 30.0 Å². The molecule has 1 N–H and O–H groups in total. The van der Waals surface area contributed by atoms with Gasteiger partial charge in [-0.05, 0) is 68.1 Å². The normalized spacial score (nSPS) is 10.7. The molecule has 2 aromatic rings. The second-order valence-electron chi connectivity index (χ2n) is 5.56. The van der Waals surface area contributed by atoms with Crippen LogP contribution in [0, 0.1) is 27.7 Å². The van der Waals surface area contributed by atoms with Gasteiger partial charge in [-0.1, -0.05) is 29.3 Å². The van der Waals surface area contributed by atoms with E-state index in [0.29, 0.717) is 21.5 Å². The number of thioether (sulfide) groups is 1. The van der Waals surface area contributed by atoms with Crippen LogP contribution in [-0.2, 0) is 4.79 Å². The SMILES string of the molecule is Cc1cc(C)c(C)c(SCC(=O)Nc2ccc(Cl)c(Cl)c2)c1C. The zero-order chi connectivity index (χ0) is 17.1. The summed E-state index contributed by atoms with van der Waals surface area (Å²) in [5.41, 5.74) is 5.63. The molecule has 122 valence electrons. The fourth-order valence-electron chi connectivity index (χ4n) is 2.31. The number of benzene rings is 2. The van der Waals surface area contributed by atoms with Gasteiger partial charge in [0.25, 0.3) is 0 Å². The van der Waals surface area contributed by atoms with Gasteiger partial charge in [0.1, 0.15) is 0 Å². The molecule has 0 bridgehead atoms. The Balaban J connectivity index is 2.06. The number of nitrogens with one attached hydrogen (secondary N) is 1. The molecule has 0 radical (unpaired) electrons. The minimum Gasteiger partial charge on any atom is -0.325 e. The van der Waals surface area contributed by atoms with E-state index < -0.39 is 0 Å². The van der Waals surface area contributed by atoms with Crippen molar-refractivity contribution < 1.29 is 4.79 Å². The van der Waals surface area contributed by atoms with Gasteiger partial charge in [-0.2, -0.15) is 0 Å². The first-order valence-electron chi connectivity index (χ1n) is 7.24. The fourth-order valence-corrected chi connectivity index (χ4v) is 3.71. The summed E-state index contributed by atoms with van der Waals surface area (Å²) in [5.74, 6) is 0.288. The van der Waals surface area contributed by atoms with Gasteiger partial charge in [-0.3, -0.25) is 4.79 Å². The Morgan fingerprint density at radius 1 is 1.00 bits per heavy atom. The highest BCUT2D eigenvalue weighted by atomic mass is 35.5. The Labute approximate surface area is 151 Å². The second kappa shape index (κ2) is 7.61. The zero-order valence-corrected chi connectivity index (χ0v) is 15.9. The van der Waals surface area contributed by atoms with Crippen LogP contribution in [0.5, 0.6) is 0 Å². The number of halogens is 2. The van der Waals surface area contributed by atoms with E-state index in [2.05, 4.69) is 39.1 Å². The maximum absolute atomic E-state index is 12.2. The van der Waals surface area contributed by atoms with E-state index in [0.717, 1.165) is 0 Å². The largest absolute Gasteiger partial charge is 0.325 e. The van der Waals surface area contributed by atoms with Gasteiger partial charge in [-0.15, -0.1) is 11.8 Å². The number of rotatable bonds is 4. The van der Waals surface area contributed by atoms with Crippen molar-refractivity contribution >= 4 is 46.6 Å². The summed E-state index contributed by atoms with van der Waals surface area (Å²) in [6.07, 6.45) is 0. The minimum atomic E-state index is -0.0636. The van der Waals surface area contributed by atoms with E-state index in [4.69, 9.17) is 23.2 Å². The minimum absolute atomic E-state index is 0.0636. The number of carbonyl (C=O) groups excluding carboxylic acids is 1. The highest BCUT2D eigenvalue weighted by Crippen LogP contribution is 2.31. The van der Waals surface area contributed by atoms with Crippen LogP contribution in [-0.4, -0.2) is 11.7 Å². The van der Waals surface area contributed by atoms with E-state index in [1.807, 2.05) is 0 Å². The summed E-state index contributed by atoms with van der Waals surface area (Å²) >= 11 is 13.4. The Bertz CT molecular complexity index is 733. The molecule has 0 heterocycles. The number of aryl methyl sites for hydroxylation is 2. The summed E-state index contributed by atoms with van der Waals surface area (Å²) in [4.78, 5) is 13.4. The molecule has 0 aliphatic rings. The third-order valence-corrected chi connectivity index (χ3v) is 5.89. The molecule has 1 amide bonds. The van der Waals surface area contributed by atoms with Crippen molar-refractivity contribution in [1.29, 1.82) is 0 Å². The lowest BCUT2D eigenvalue weighted by Gasteiger charge is -2.14. The van der Waals surface area contributed by atoms with Crippen LogP contribution >= 0.6 is 35.0 Å². The predicted molar refractivity (Wildman–Crippen MR) is 101 cm³/mol. The Morgan fingerprint density at radius 2 is 1.61 bits per heavy atom. The van der Waals surface area contributed by atoms with Gasteiger partial charge in [0.2, 0.25) is 5.91 Å². The standard InChI is InChI=1S/C18H19Cl2NOS/c1-10-7-11(2)13(4)18(12(10)3)23-9-17(22)21-14-5-6-15(19)16(20)8-14/h5-8H,9H2,1-4H3,(H,21,22). The molecule has 5 heteroatoms. The number of amides is 1. The van der Waals surface area contributed by atoms with Crippen molar-refractivity contribution in [2.45, 2.75) is 32.6 Å². The first-order valence-corrected chi connectivity index (χ1v) is 8.99. The van der Waals surface area contributed by atoms with Crippen molar-refractivity contribution in [3.8, 4) is 0 Å². The second-order valence-corrected chi connectivity index (χ2v) is 7.36. The van der Waals surface area contributed by atoms with Crippen molar-refractivity contribution in [2.75, 3.05) is 11.1 Å². The van der Waals surface area contributed by atoms with E-state index in [9.17, 15) is 4.79 Å². The van der Waals surface area contributed by atoms with E-state index in [1.165, 1.54) is 27.1 Å². The van der Waals surface area contributed by atoms with Crippen LogP contribution in [0.4, 0.5) is 5.69 Å². The molecule has 0 saturated heterocycles. The molecule has 0 aliphatic carbocycles. The Kier molecular flexibility index (Phi) is 6.01. The number of anilines is 1. The zero-order valence-electron chi connectivity index (χ0n) is 13.6. The van der Waals surface area contributed by atoms with Gasteiger partial charge in [0.05, 0.1) is 15.8 Å². The van der Waals surface area contributed by atoms with Gasteiger partial charge in [0, 0.05) is 10.6 Å². The number of carbonyl (C=O) groups is 1. The summed E-state index contributed by atoms with van der Waals surface area (Å²) in [5, 5.41) is 3.75. The lowest BCUT2D eigenvalue weighted by atomic mass is 10.0. The predicted octanol–water partition coefficient (Wildman–Crippen LogP) is 5.96. The van der Waals surface area contributed by atoms with E-state index in [-0.39, 0.29) is 5.91 Å². The summed E-state index contributed by atoms with van der Waals surface area (Å²) < 4.78 is 0. The molecule has 0 atom stereocenters. The highest BCUT2D eigenvalue weighted by molar-refractivity contribution is 8.00. The van der Waals surface area contributed by atoms with Crippen molar-refractivity contribution in [3.05, 3.63) is 56.6 Å². The highest BCUT2D eigenvalue weighted by Gasteiger charge is 2.11. The average Bonchev–Trinajstić information content (AvgIpc) is 2.49. The van der Waals surface area contributed by atoms with Gasteiger partial charge >= 0.3 is 0 Å². The maximum Gasteiger partial charge on any atom is 0.234 e. The molecule has 0 unspecified atom stereocenters. The molecule has 0 saturated carbocycles. The van der Waals surface area contributed by atoms with Crippen molar-refractivity contribution in [3.63, 3.8) is 0 Å². The molecule has 0 spiro atoms. The number of hydrogen-bond donors (Lipinski definition) is 1. The molecule has 2 rings (SSSR count). The Morgan fingerprint density at radius 3 is 2.17 bits per heavy atom. The first kappa shape index (κ1) is 18.2. The molecular weight excluding hydrogens is 349 g/mol. The lowest BCUT2D eigenvalue weighted by Crippen LogP contribution is -2.14. The quantitative estimate of drug-likeness (QED) is 0.675. The average molecular weight is 368 g/mol. The summed E-state index contributed by atoms with van der Waals surface area (Å²) in [6.45, 7) is 8.39. The van der Waals surface area contributed by atoms with Gasteiger partial charge in [0.15, 0.2) is 0 Å². The monoisotopic (exact) mass is 367 g/mol. The smallest absolute Gasteiger partial charge is 0.234 e.